The van der Waals surface area contributed by atoms with Gasteiger partial charge in [-0.2, -0.15) is 0 Å². The zero-order valence-corrected chi connectivity index (χ0v) is 11.7. The van der Waals surface area contributed by atoms with Gasteiger partial charge in [-0.3, -0.25) is 9.59 Å². The molecule has 98 valence electrons. The highest BCUT2D eigenvalue weighted by molar-refractivity contribution is 14.1. The number of rotatable bonds is 6. The number of carbonyl (C=O) groups excluding carboxylic acids is 1. The number of carbonyl (C=O) groups is 2. The number of nitrogens with one attached hydrogen (secondary N) is 1. The average Bonchev–Trinajstić information content (AvgIpc) is 2.27. The molecule has 6 heteroatoms. The number of halogens is 2. The van der Waals surface area contributed by atoms with Crippen LogP contribution in [0.5, 0.6) is 0 Å². The van der Waals surface area contributed by atoms with Gasteiger partial charge in [0.05, 0.1) is 5.56 Å². The van der Waals surface area contributed by atoms with Gasteiger partial charge in [-0.1, -0.05) is 0 Å². The Labute approximate surface area is 118 Å². The number of aliphatic carboxylic acids is 1. The summed E-state index contributed by atoms with van der Waals surface area (Å²) >= 11 is 1.90. The lowest BCUT2D eigenvalue weighted by Crippen LogP contribution is -2.25. The SMILES string of the molecule is O=C(O)CCCCNC(=O)c1ccc(F)cc1I. The highest BCUT2D eigenvalue weighted by atomic mass is 127. The topological polar surface area (TPSA) is 66.4 Å². The van der Waals surface area contributed by atoms with Crippen molar-refractivity contribution < 1.29 is 19.1 Å². The van der Waals surface area contributed by atoms with Crippen LogP contribution in [0.2, 0.25) is 0 Å². The second kappa shape index (κ2) is 7.30. The summed E-state index contributed by atoms with van der Waals surface area (Å²) in [5.41, 5.74) is 0.426. The molecule has 0 radical (unpaired) electrons. The van der Waals surface area contributed by atoms with Crippen molar-refractivity contribution in [2.45, 2.75) is 19.3 Å². The summed E-state index contributed by atoms with van der Waals surface area (Å²) in [6, 6.07) is 3.96. The normalized spacial score (nSPS) is 10.1. The Balaban J connectivity index is 2.39. The summed E-state index contributed by atoms with van der Waals surface area (Å²) in [7, 11) is 0. The first kappa shape index (κ1) is 14.9. The van der Waals surface area contributed by atoms with E-state index in [4.69, 9.17) is 5.11 Å². The van der Waals surface area contributed by atoms with E-state index in [1.54, 1.807) is 0 Å². The van der Waals surface area contributed by atoms with Crippen molar-refractivity contribution in [2.24, 2.45) is 0 Å². The number of hydrogen-bond donors (Lipinski definition) is 2. The van der Waals surface area contributed by atoms with Crippen LogP contribution in [-0.2, 0) is 4.79 Å². The van der Waals surface area contributed by atoms with Crippen LogP contribution in [0.4, 0.5) is 4.39 Å². The van der Waals surface area contributed by atoms with Gasteiger partial charge in [0.1, 0.15) is 5.82 Å². The Morgan fingerprint density at radius 1 is 1.33 bits per heavy atom. The van der Waals surface area contributed by atoms with Gasteiger partial charge < -0.3 is 10.4 Å². The summed E-state index contributed by atoms with van der Waals surface area (Å²) in [4.78, 5) is 22.0. The lowest BCUT2D eigenvalue weighted by Gasteiger charge is -2.06. The second-order valence-corrected chi connectivity index (χ2v) is 4.89. The van der Waals surface area contributed by atoms with Gasteiger partial charge in [0, 0.05) is 16.5 Å². The van der Waals surface area contributed by atoms with E-state index in [-0.39, 0.29) is 18.1 Å². The minimum Gasteiger partial charge on any atom is -0.481 e. The third-order valence-corrected chi connectivity index (χ3v) is 3.17. The monoisotopic (exact) mass is 365 g/mol. The Morgan fingerprint density at radius 2 is 2.06 bits per heavy atom. The summed E-state index contributed by atoms with van der Waals surface area (Å²) in [5, 5.41) is 11.1. The molecule has 0 spiro atoms. The molecule has 0 saturated carbocycles. The highest BCUT2D eigenvalue weighted by Gasteiger charge is 2.09. The molecule has 0 aliphatic rings. The van der Waals surface area contributed by atoms with E-state index in [1.807, 2.05) is 22.6 Å². The molecule has 2 N–H and O–H groups in total. The first-order valence-corrected chi connectivity index (χ1v) is 6.53. The maximum Gasteiger partial charge on any atom is 0.303 e. The Morgan fingerprint density at radius 3 is 2.67 bits per heavy atom. The molecule has 0 atom stereocenters. The molecule has 0 heterocycles. The lowest BCUT2D eigenvalue weighted by atomic mass is 10.2. The molecule has 0 saturated heterocycles. The molecule has 0 bridgehead atoms. The van der Waals surface area contributed by atoms with Gasteiger partial charge in [0.25, 0.3) is 5.91 Å². The van der Waals surface area contributed by atoms with E-state index >= 15 is 0 Å². The summed E-state index contributed by atoms with van der Waals surface area (Å²) in [6.07, 6.45) is 1.23. The minimum absolute atomic E-state index is 0.101. The smallest absolute Gasteiger partial charge is 0.303 e. The van der Waals surface area contributed by atoms with Crippen LogP contribution in [0.25, 0.3) is 0 Å². The fourth-order valence-electron chi connectivity index (χ4n) is 1.37. The van der Waals surface area contributed by atoms with E-state index in [1.165, 1.54) is 18.2 Å². The lowest BCUT2D eigenvalue weighted by molar-refractivity contribution is -0.137. The van der Waals surface area contributed by atoms with Gasteiger partial charge in [0.2, 0.25) is 0 Å². The van der Waals surface area contributed by atoms with Gasteiger partial charge >= 0.3 is 5.97 Å². The molecule has 1 rings (SSSR count). The number of carboxylic acid groups (broad SMARTS) is 1. The molecular formula is C12H13FINO3. The second-order valence-electron chi connectivity index (χ2n) is 3.73. The first-order valence-electron chi connectivity index (χ1n) is 5.45. The van der Waals surface area contributed by atoms with Crippen LogP contribution in [0.15, 0.2) is 18.2 Å². The average molecular weight is 365 g/mol. The third-order valence-electron chi connectivity index (χ3n) is 2.28. The Bertz CT molecular complexity index is 451. The summed E-state index contributed by atoms with van der Waals surface area (Å²) in [5.74, 6) is -1.48. The zero-order valence-electron chi connectivity index (χ0n) is 9.58. The number of carboxylic acids is 1. The Hall–Kier alpha value is -1.18. The summed E-state index contributed by atoms with van der Waals surface area (Å²) < 4.78 is 13.4. The maximum absolute atomic E-state index is 12.8. The molecule has 1 aromatic rings. The first-order chi connectivity index (χ1) is 8.50. The van der Waals surface area contributed by atoms with E-state index < -0.39 is 5.97 Å². The van der Waals surface area contributed by atoms with Crippen LogP contribution in [-0.4, -0.2) is 23.5 Å². The van der Waals surface area contributed by atoms with Crippen LogP contribution in [0.3, 0.4) is 0 Å². The van der Waals surface area contributed by atoms with Crippen molar-refractivity contribution in [3.05, 3.63) is 33.1 Å². The minimum atomic E-state index is -0.839. The number of unbranched alkanes of at least 4 members (excludes halogenated alkanes) is 1. The molecule has 1 aromatic carbocycles. The number of amides is 1. The van der Waals surface area contributed by atoms with Gasteiger partial charge in [-0.25, -0.2) is 4.39 Å². The van der Waals surface area contributed by atoms with Crippen molar-refractivity contribution in [1.82, 2.24) is 5.32 Å². The van der Waals surface area contributed by atoms with Crippen molar-refractivity contribution >= 4 is 34.5 Å². The van der Waals surface area contributed by atoms with Crippen LogP contribution in [0.1, 0.15) is 29.6 Å². The molecule has 0 fully saturated rings. The molecule has 0 aliphatic carbocycles. The zero-order chi connectivity index (χ0) is 13.5. The fraction of sp³-hybridized carbons (Fsp3) is 0.333. The number of benzene rings is 1. The highest BCUT2D eigenvalue weighted by Crippen LogP contribution is 2.13. The molecule has 1 amide bonds. The third kappa shape index (κ3) is 4.99. The fourth-order valence-corrected chi connectivity index (χ4v) is 2.09. The predicted molar refractivity (Wildman–Crippen MR) is 72.9 cm³/mol. The standard InChI is InChI=1S/C12H13FINO3/c13-8-4-5-9(10(14)7-8)12(18)15-6-2-1-3-11(16)17/h4-5,7H,1-3,6H2,(H,15,18)(H,16,17). The van der Waals surface area contributed by atoms with E-state index in [2.05, 4.69) is 5.32 Å². The quantitative estimate of drug-likeness (QED) is 0.601. The Kier molecular flexibility index (Phi) is 6.03. The molecular weight excluding hydrogens is 352 g/mol. The van der Waals surface area contributed by atoms with E-state index in [9.17, 15) is 14.0 Å². The van der Waals surface area contributed by atoms with Crippen molar-refractivity contribution in [3.63, 3.8) is 0 Å². The van der Waals surface area contributed by atoms with Crippen molar-refractivity contribution in [3.8, 4) is 0 Å². The maximum atomic E-state index is 12.8. The van der Waals surface area contributed by atoms with Crippen LogP contribution >= 0.6 is 22.6 Å². The van der Waals surface area contributed by atoms with E-state index in [0.717, 1.165) is 0 Å². The molecule has 18 heavy (non-hydrogen) atoms. The molecule has 0 aromatic heterocycles. The van der Waals surface area contributed by atoms with Crippen molar-refractivity contribution in [2.75, 3.05) is 6.54 Å². The molecule has 0 unspecified atom stereocenters. The van der Waals surface area contributed by atoms with Gasteiger partial charge in [-0.05, 0) is 53.6 Å². The number of hydrogen-bond acceptors (Lipinski definition) is 2. The van der Waals surface area contributed by atoms with E-state index in [0.29, 0.717) is 28.5 Å². The van der Waals surface area contributed by atoms with Gasteiger partial charge in [0.15, 0.2) is 0 Å². The van der Waals surface area contributed by atoms with Crippen molar-refractivity contribution in [1.29, 1.82) is 0 Å². The largest absolute Gasteiger partial charge is 0.481 e. The summed E-state index contributed by atoms with van der Waals surface area (Å²) in [6.45, 7) is 0.416. The molecule has 4 nitrogen and oxygen atoms in total. The predicted octanol–water partition coefficient (Wildman–Crippen LogP) is 2.42. The van der Waals surface area contributed by atoms with Crippen LogP contribution < -0.4 is 5.32 Å². The molecule has 0 aliphatic heterocycles. The van der Waals surface area contributed by atoms with Crippen LogP contribution in [0, 0.1) is 9.39 Å². The van der Waals surface area contributed by atoms with Gasteiger partial charge in [-0.15, -0.1) is 0 Å².